The molecule has 0 bridgehead atoms. The molecule has 4 aromatic rings. The number of methoxy groups -OCH3 is 1. The van der Waals surface area contributed by atoms with Gasteiger partial charge in [0.05, 0.1) is 26.0 Å². The third-order valence-corrected chi connectivity index (χ3v) is 9.28. The molecular weight excluding hydrogens is 637 g/mol. The molecule has 6 rings (SSSR count). The second-order valence-electron chi connectivity index (χ2n) is 11.9. The molecule has 1 aliphatic heterocycles. The molecule has 0 unspecified atom stereocenters. The average molecular weight is 676 g/mol. The van der Waals surface area contributed by atoms with E-state index in [0.29, 0.717) is 63.5 Å². The summed E-state index contributed by atoms with van der Waals surface area (Å²) in [5, 5.41) is 18.7. The molecule has 2 amide bonds. The van der Waals surface area contributed by atoms with E-state index >= 15 is 0 Å². The quantitative estimate of drug-likeness (QED) is 0.194. The van der Waals surface area contributed by atoms with Gasteiger partial charge >= 0.3 is 0 Å². The molecule has 1 aliphatic carbocycles. The Morgan fingerprint density at radius 3 is 2.54 bits per heavy atom. The molecule has 48 heavy (non-hydrogen) atoms. The molecule has 2 aromatic heterocycles. The number of thiazole rings is 1. The first-order chi connectivity index (χ1) is 23.3. The van der Waals surface area contributed by atoms with E-state index < -0.39 is 11.7 Å². The van der Waals surface area contributed by atoms with E-state index in [9.17, 15) is 19.1 Å². The summed E-state index contributed by atoms with van der Waals surface area (Å²) in [5.41, 5.74) is 3.11. The molecule has 11 nitrogen and oxygen atoms in total. The summed E-state index contributed by atoms with van der Waals surface area (Å²) < 4.78 is 31.0. The normalized spacial score (nSPS) is 18.3. The van der Waals surface area contributed by atoms with Gasteiger partial charge in [-0.3, -0.25) is 14.5 Å². The van der Waals surface area contributed by atoms with E-state index in [4.69, 9.17) is 14.2 Å². The first kappa shape index (κ1) is 33.5. The van der Waals surface area contributed by atoms with Crippen LogP contribution in [-0.2, 0) is 22.6 Å². The smallest absolute Gasteiger partial charge is 0.270 e. The van der Waals surface area contributed by atoms with Crippen LogP contribution in [0.3, 0.4) is 0 Å². The maximum Gasteiger partial charge on any atom is 0.270 e. The molecule has 0 spiro atoms. The number of amides is 2. The zero-order chi connectivity index (χ0) is 33.5. The fourth-order valence-corrected chi connectivity index (χ4v) is 6.76. The lowest BCUT2D eigenvalue weighted by Crippen LogP contribution is -2.44. The predicted octanol–water partition coefficient (Wildman–Crippen LogP) is 5.29. The summed E-state index contributed by atoms with van der Waals surface area (Å²) >= 11 is 1.38. The Balaban J connectivity index is 1.09. The Morgan fingerprint density at radius 2 is 1.79 bits per heavy atom. The molecular formula is C35H38FN5O6S. The highest BCUT2D eigenvalue weighted by Gasteiger charge is 2.26. The van der Waals surface area contributed by atoms with E-state index in [1.165, 1.54) is 11.3 Å². The summed E-state index contributed by atoms with van der Waals surface area (Å²) in [6, 6.07) is 13.6. The lowest BCUT2D eigenvalue weighted by molar-refractivity contribution is 0.0342. The number of nitrogens with zero attached hydrogens (tertiary/aromatic N) is 3. The fourth-order valence-electron chi connectivity index (χ4n) is 6.01. The SMILES string of the molecule is COCc1nc(C(=O)N[C@H]2CC[C@H](NC(=O)c3cc(F)cnc3Oc3cccc(-c4ccc(O)cc4CN4CCOCC4)c3)CC2)cs1. The van der Waals surface area contributed by atoms with Gasteiger partial charge in [0.25, 0.3) is 11.8 Å². The van der Waals surface area contributed by atoms with Crippen molar-refractivity contribution in [3.63, 3.8) is 0 Å². The van der Waals surface area contributed by atoms with Gasteiger partial charge in [0, 0.05) is 44.2 Å². The van der Waals surface area contributed by atoms with Crippen molar-refractivity contribution in [1.82, 2.24) is 25.5 Å². The number of hydrogen-bond donors (Lipinski definition) is 3. The van der Waals surface area contributed by atoms with Crippen LogP contribution < -0.4 is 15.4 Å². The van der Waals surface area contributed by atoms with Crippen LogP contribution in [-0.4, -0.2) is 77.3 Å². The Hall–Kier alpha value is -4.43. The van der Waals surface area contributed by atoms with Crippen LogP contribution in [0.15, 0.2) is 60.1 Å². The van der Waals surface area contributed by atoms with Crippen LogP contribution in [0.25, 0.3) is 11.1 Å². The molecule has 0 radical (unpaired) electrons. The van der Waals surface area contributed by atoms with E-state index in [2.05, 4.69) is 25.5 Å². The number of phenols is 1. The number of ether oxygens (including phenoxy) is 3. The largest absolute Gasteiger partial charge is 0.508 e. The van der Waals surface area contributed by atoms with Gasteiger partial charge in [-0.1, -0.05) is 18.2 Å². The number of nitrogens with one attached hydrogen (secondary N) is 2. The monoisotopic (exact) mass is 675 g/mol. The van der Waals surface area contributed by atoms with Crippen LogP contribution in [0.2, 0.25) is 0 Å². The Kier molecular flexibility index (Phi) is 10.9. The molecule has 3 N–H and O–H groups in total. The number of aromatic hydroxyl groups is 1. The first-order valence-corrected chi connectivity index (χ1v) is 16.8. The van der Waals surface area contributed by atoms with Crippen molar-refractivity contribution >= 4 is 23.2 Å². The van der Waals surface area contributed by atoms with Gasteiger partial charge in [0.1, 0.15) is 33.6 Å². The molecule has 1 saturated heterocycles. The van der Waals surface area contributed by atoms with Gasteiger partial charge in [-0.2, -0.15) is 0 Å². The standard InChI is InChI=1S/C35H38FN5O6S/c1-45-20-32-40-31(21-48-32)34(44)39-26-7-5-25(6-8-26)38-33(43)30-17-24(36)18-37-35(30)47-28-4-2-3-22(16-28)29-10-9-27(42)15-23(29)19-41-11-13-46-14-12-41/h2-4,9-10,15-18,21,25-26,42H,5-8,11-14,19-20H2,1H3,(H,38,43)(H,39,44)/t25-,26-. The maximum atomic E-state index is 14.4. The Labute approximate surface area is 282 Å². The van der Waals surface area contributed by atoms with Crippen molar-refractivity contribution < 1.29 is 33.3 Å². The summed E-state index contributed by atoms with van der Waals surface area (Å²) in [6.07, 6.45) is 3.65. The lowest BCUT2D eigenvalue weighted by atomic mass is 9.91. The summed E-state index contributed by atoms with van der Waals surface area (Å²) in [5.74, 6) is -0.762. The Bertz CT molecular complexity index is 1740. The summed E-state index contributed by atoms with van der Waals surface area (Å²) in [7, 11) is 1.58. The van der Waals surface area contributed by atoms with Gasteiger partial charge in [-0.25, -0.2) is 14.4 Å². The number of aromatic nitrogens is 2. The van der Waals surface area contributed by atoms with Gasteiger partial charge in [-0.05, 0) is 72.7 Å². The van der Waals surface area contributed by atoms with Crippen molar-refractivity contribution in [1.29, 1.82) is 0 Å². The number of morpholine rings is 1. The second kappa shape index (κ2) is 15.6. The maximum absolute atomic E-state index is 14.4. The predicted molar refractivity (Wildman–Crippen MR) is 178 cm³/mol. The first-order valence-electron chi connectivity index (χ1n) is 16.0. The van der Waals surface area contributed by atoms with Crippen LogP contribution >= 0.6 is 11.3 Å². The molecule has 1 saturated carbocycles. The number of carbonyl (C=O) groups is 2. The second-order valence-corrected chi connectivity index (χ2v) is 12.9. The highest BCUT2D eigenvalue weighted by atomic mass is 32.1. The molecule has 252 valence electrons. The van der Waals surface area contributed by atoms with Crippen molar-refractivity contribution in [2.24, 2.45) is 0 Å². The number of rotatable bonds is 11. The topological polar surface area (TPSA) is 135 Å². The third-order valence-electron chi connectivity index (χ3n) is 8.46. The fraction of sp³-hybridized carbons (Fsp3) is 0.371. The minimum Gasteiger partial charge on any atom is -0.508 e. The number of carbonyl (C=O) groups excluding carboxylic acids is 2. The zero-order valence-corrected chi connectivity index (χ0v) is 27.4. The highest BCUT2D eigenvalue weighted by molar-refractivity contribution is 7.09. The number of pyridine rings is 1. The van der Waals surface area contributed by atoms with E-state index in [0.717, 1.165) is 47.1 Å². The molecule has 13 heteroatoms. The lowest BCUT2D eigenvalue weighted by Gasteiger charge is -2.29. The summed E-state index contributed by atoms with van der Waals surface area (Å²) in [4.78, 5) is 36.8. The molecule has 2 fully saturated rings. The van der Waals surface area contributed by atoms with Gasteiger partial charge in [0.2, 0.25) is 5.88 Å². The van der Waals surface area contributed by atoms with Gasteiger partial charge < -0.3 is 30.0 Å². The highest BCUT2D eigenvalue weighted by Crippen LogP contribution is 2.33. The van der Waals surface area contributed by atoms with Crippen LogP contribution in [0.4, 0.5) is 4.39 Å². The van der Waals surface area contributed by atoms with Gasteiger partial charge in [-0.15, -0.1) is 11.3 Å². The number of hydrogen-bond acceptors (Lipinski definition) is 10. The third kappa shape index (κ3) is 8.53. The van der Waals surface area contributed by atoms with Crippen LogP contribution in [0, 0.1) is 5.82 Å². The number of halogens is 1. The van der Waals surface area contributed by atoms with Crippen molar-refractivity contribution in [2.75, 3.05) is 33.4 Å². The zero-order valence-electron chi connectivity index (χ0n) is 26.6. The minimum absolute atomic E-state index is 0.0103. The minimum atomic E-state index is -0.653. The average Bonchev–Trinajstić information content (AvgIpc) is 3.56. The van der Waals surface area contributed by atoms with Gasteiger partial charge in [0.15, 0.2) is 0 Å². The van der Waals surface area contributed by atoms with E-state index in [1.807, 2.05) is 24.3 Å². The van der Waals surface area contributed by atoms with Crippen LogP contribution in [0.5, 0.6) is 17.4 Å². The number of phenolic OH excluding ortho intramolecular Hbond substituents is 1. The molecule has 3 heterocycles. The molecule has 2 aromatic carbocycles. The van der Waals surface area contributed by atoms with Crippen molar-refractivity contribution in [2.45, 2.75) is 50.9 Å². The van der Waals surface area contributed by atoms with Crippen LogP contribution in [0.1, 0.15) is 57.1 Å². The van der Waals surface area contributed by atoms with Crippen molar-refractivity contribution in [3.05, 3.63) is 87.8 Å². The number of benzene rings is 2. The molecule has 0 atom stereocenters. The van der Waals surface area contributed by atoms with E-state index in [1.54, 1.807) is 30.7 Å². The van der Waals surface area contributed by atoms with Crippen molar-refractivity contribution in [3.8, 4) is 28.5 Å². The Morgan fingerprint density at radius 1 is 1.04 bits per heavy atom. The summed E-state index contributed by atoms with van der Waals surface area (Å²) in [6.45, 7) is 3.96. The van der Waals surface area contributed by atoms with E-state index in [-0.39, 0.29) is 35.2 Å². The molecule has 2 aliphatic rings.